The third kappa shape index (κ3) is 3.14. The summed E-state index contributed by atoms with van der Waals surface area (Å²) in [6.45, 7) is 3.28. The van der Waals surface area contributed by atoms with Gasteiger partial charge in [-0.2, -0.15) is 0 Å². The van der Waals surface area contributed by atoms with Crippen LogP contribution in [0.2, 0.25) is 0 Å². The lowest BCUT2D eigenvalue weighted by molar-refractivity contribution is 0.112. The van der Waals surface area contributed by atoms with Gasteiger partial charge in [0.2, 0.25) is 0 Å². The van der Waals surface area contributed by atoms with Crippen molar-refractivity contribution in [3.05, 3.63) is 17.0 Å². The summed E-state index contributed by atoms with van der Waals surface area (Å²) in [7, 11) is 2.08. The minimum atomic E-state index is 0.808. The molecule has 0 atom stereocenters. The molecule has 14 heavy (non-hydrogen) atoms. The molecule has 0 N–H and O–H groups in total. The van der Waals surface area contributed by atoms with Gasteiger partial charge < -0.3 is 4.90 Å². The monoisotopic (exact) mass is 211 g/mol. The zero-order chi connectivity index (χ0) is 10.4. The molecule has 1 rings (SSSR count). The molecule has 0 spiro atoms. The van der Waals surface area contributed by atoms with Crippen LogP contribution in [0.15, 0.2) is 12.1 Å². The van der Waals surface area contributed by atoms with Gasteiger partial charge in [-0.1, -0.05) is 19.8 Å². The largest absolute Gasteiger partial charge is 0.366 e. The molecule has 0 unspecified atom stereocenters. The Hall–Kier alpha value is -0.830. The summed E-state index contributed by atoms with van der Waals surface area (Å²) < 4.78 is 0. The molecule has 2 nitrogen and oxygen atoms in total. The molecular weight excluding hydrogens is 194 g/mol. The first-order valence-electron chi connectivity index (χ1n) is 5.04. The van der Waals surface area contributed by atoms with Gasteiger partial charge in [-0.3, -0.25) is 4.79 Å². The van der Waals surface area contributed by atoms with E-state index in [1.165, 1.54) is 24.3 Å². The van der Waals surface area contributed by atoms with E-state index in [4.69, 9.17) is 0 Å². The van der Waals surface area contributed by atoms with E-state index in [0.717, 1.165) is 17.7 Å². The highest BCUT2D eigenvalue weighted by atomic mass is 32.1. The Kier molecular flexibility index (Phi) is 4.66. The Bertz CT molecular complexity index is 283. The van der Waals surface area contributed by atoms with Gasteiger partial charge in [0.05, 0.1) is 9.88 Å². The third-order valence-electron chi connectivity index (χ3n) is 2.20. The van der Waals surface area contributed by atoms with Crippen LogP contribution in [0.5, 0.6) is 0 Å². The minimum absolute atomic E-state index is 0.808. The molecule has 0 saturated heterocycles. The molecule has 0 amide bonds. The summed E-state index contributed by atoms with van der Waals surface area (Å²) in [4.78, 5) is 13.5. The van der Waals surface area contributed by atoms with Gasteiger partial charge in [0.1, 0.15) is 0 Å². The molecular formula is C11H17NOS. The molecule has 1 aromatic rings. The van der Waals surface area contributed by atoms with Crippen LogP contribution in [-0.2, 0) is 0 Å². The Labute approximate surface area is 89.5 Å². The second-order valence-corrected chi connectivity index (χ2v) is 4.52. The Morgan fingerprint density at radius 2 is 2.21 bits per heavy atom. The van der Waals surface area contributed by atoms with Crippen LogP contribution in [0.25, 0.3) is 0 Å². The summed E-state index contributed by atoms with van der Waals surface area (Å²) in [6.07, 6.45) is 4.66. The molecule has 78 valence electrons. The van der Waals surface area contributed by atoms with Crippen LogP contribution in [0.3, 0.4) is 0 Å². The maximum absolute atomic E-state index is 10.5. The van der Waals surface area contributed by atoms with Gasteiger partial charge in [-0.15, -0.1) is 11.3 Å². The van der Waals surface area contributed by atoms with Crippen molar-refractivity contribution in [3.8, 4) is 0 Å². The smallest absolute Gasteiger partial charge is 0.160 e. The second-order valence-electron chi connectivity index (χ2n) is 3.42. The minimum Gasteiger partial charge on any atom is -0.366 e. The predicted octanol–water partition coefficient (Wildman–Crippen LogP) is 3.19. The van der Waals surface area contributed by atoms with Crippen molar-refractivity contribution in [1.82, 2.24) is 0 Å². The molecule has 1 aromatic heterocycles. The lowest BCUT2D eigenvalue weighted by Crippen LogP contribution is -2.16. The third-order valence-corrected chi connectivity index (χ3v) is 3.33. The fourth-order valence-electron chi connectivity index (χ4n) is 1.32. The van der Waals surface area contributed by atoms with E-state index in [2.05, 4.69) is 18.9 Å². The molecule has 0 aliphatic heterocycles. The number of nitrogens with zero attached hydrogens (tertiary/aromatic N) is 1. The zero-order valence-electron chi connectivity index (χ0n) is 8.82. The SMILES string of the molecule is CCCCCN(C)c1ccc(C=O)s1. The van der Waals surface area contributed by atoms with Crippen molar-refractivity contribution in [1.29, 1.82) is 0 Å². The van der Waals surface area contributed by atoms with E-state index < -0.39 is 0 Å². The van der Waals surface area contributed by atoms with E-state index in [1.54, 1.807) is 11.3 Å². The van der Waals surface area contributed by atoms with E-state index >= 15 is 0 Å². The highest BCUT2D eigenvalue weighted by Crippen LogP contribution is 2.23. The summed E-state index contributed by atoms with van der Waals surface area (Å²) in [5.41, 5.74) is 0. The Balaban J connectivity index is 2.43. The van der Waals surface area contributed by atoms with E-state index in [1.807, 2.05) is 12.1 Å². The van der Waals surface area contributed by atoms with Crippen molar-refractivity contribution in [2.75, 3.05) is 18.5 Å². The number of anilines is 1. The van der Waals surface area contributed by atoms with Gasteiger partial charge >= 0.3 is 0 Å². The first-order chi connectivity index (χ1) is 6.77. The van der Waals surface area contributed by atoms with Crippen LogP contribution in [0, 0.1) is 0 Å². The maximum Gasteiger partial charge on any atom is 0.160 e. The Morgan fingerprint density at radius 3 is 2.79 bits per heavy atom. The van der Waals surface area contributed by atoms with Gasteiger partial charge in [0, 0.05) is 13.6 Å². The van der Waals surface area contributed by atoms with Crippen molar-refractivity contribution in [2.45, 2.75) is 26.2 Å². The molecule has 0 bridgehead atoms. The van der Waals surface area contributed by atoms with E-state index in [0.29, 0.717) is 0 Å². The van der Waals surface area contributed by atoms with Gasteiger partial charge in [0.25, 0.3) is 0 Å². The van der Waals surface area contributed by atoms with Crippen LogP contribution in [0.4, 0.5) is 5.00 Å². The quantitative estimate of drug-likeness (QED) is 0.532. The summed E-state index contributed by atoms with van der Waals surface area (Å²) in [6, 6.07) is 3.89. The second kappa shape index (κ2) is 5.81. The van der Waals surface area contributed by atoms with Crippen molar-refractivity contribution in [2.24, 2.45) is 0 Å². The molecule has 3 heteroatoms. The van der Waals surface area contributed by atoms with Gasteiger partial charge in [-0.05, 0) is 18.6 Å². The number of aldehydes is 1. The predicted molar refractivity (Wildman–Crippen MR) is 62.5 cm³/mol. The van der Waals surface area contributed by atoms with Crippen molar-refractivity contribution in [3.63, 3.8) is 0 Å². The number of thiophene rings is 1. The number of carbonyl (C=O) groups is 1. The molecule has 0 radical (unpaired) electrons. The van der Waals surface area contributed by atoms with Gasteiger partial charge in [0.15, 0.2) is 6.29 Å². The lowest BCUT2D eigenvalue weighted by Gasteiger charge is -2.16. The van der Waals surface area contributed by atoms with Crippen LogP contribution >= 0.6 is 11.3 Å². The summed E-state index contributed by atoms with van der Waals surface area (Å²) >= 11 is 1.56. The molecule has 0 aliphatic carbocycles. The molecule has 0 fully saturated rings. The van der Waals surface area contributed by atoms with E-state index in [-0.39, 0.29) is 0 Å². The standard InChI is InChI=1S/C11H17NOS/c1-3-4-5-8-12(2)11-7-6-10(9-13)14-11/h6-7,9H,3-5,8H2,1-2H3. The highest BCUT2D eigenvalue weighted by molar-refractivity contribution is 7.17. The van der Waals surface area contributed by atoms with E-state index in [9.17, 15) is 4.79 Å². The number of rotatable bonds is 6. The normalized spacial score (nSPS) is 10.1. The average molecular weight is 211 g/mol. The molecule has 0 aromatic carbocycles. The molecule has 0 saturated carbocycles. The molecule has 1 heterocycles. The number of unbranched alkanes of at least 4 members (excludes halogenated alkanes) is 2. The fraction of sp³-hybridized carbons (Fsp3) is 0.545. The average Bonchev–Trinajstić information content (AvgIpc) is 2.66. The van der Waals surface area contributed by atoms with Crippen LogP contribution in [0.1, 0.15) is 35.9 Å². The highest BCUT2D eigenvalue weighted by Gasteiger charge is 2.03. The Morgan fingerprint density at radius 1 is 1.43 bits per heavy atom. The zero-order valence-corrected chi connectivity index (χ0v) is 9.64. The summed E-state index contributed by atoms with van der Waals surface area (Å²) in [5.74, 6) is 0. The number of hydrogen-bond acceptors (Lipinski definition) is 3. The van der Waals surface area contributed by atoms with Crippen LogP contribution in [-0.4, -0.2) is 19.9 Å². The number of hydrogen-bond donors (Lipinski definition) is 0. The van der Waals surface area contributed by atoms with Crippen molar-refractivity contribution >= 4 is 22.6 Å². The summed E-state index contributed by atoms with van der Waals surface area (Å²) in [5, 5.41) is 1.18. The topological polar surface area (TPSA) is 20.3 Å². The molecule has 0 aliphatic rings. The first-order valence-corrected chi connectivity index (χ1v) is 5.85. The number of carbonyl (C=O) groups excluding carboxylic acids is 1. The maximum atomic E-state index is 10.5. The van der Waals surface area contributed by atoms with Crippen molar-refractivity contribution < 1.29 is 4.79 Å². The van der Waals surface area contributed by atoms with Gasteiger partial charge in [-0.25, -0.2) is 0 Å². The van der Waals surface area contributed by atoms with Crippen LogP contribution < -0.4 is 4.90 Å². The first kappa shape index (κ1) is 11.2. The fourth-order valence-corrected chi connectivity index (χ4v) is 2.13. The lowest BCUT2D eigenvalue weighted by atomic mass is 10.2.